The maximum Gasteiger partial charge on any atom is 0.237 e. The molecular formula is C15H24BrN3OS. The highest BCUT2D eigenvalue weighted by molar-refractivity contribution is 9.10. The minimum atomic E-state index is -0.616. The van der Waals surface area contributed by atoms with Gasteiger partial charge in [0.1, 0.15) is 0 Å². The van der Waals surface area contributed by atoms with Crippen molar-refractivity contribution in [3.8, 4) is 0 Å². The molecule has 0 spiro atoms. The Labute approximate surface area is 139 Å². The number of thioether (sulfide) groups is 1. The summed E-state index contributed by atoms with van der Waals surface area (Å²) in [5.41, 5.74) is 4.90. The predicted molar refractivity (Wildman–Crippen MR) is 92.4 cm³/mol. The molecule has 0 radical (unpaired) electrons. The highest BCUT2D eigenvalue weighted by Gasteiger charge is 2.30. The molecule has 0 bridgehead atoms. The largest absolute Gasteiger partial charge is 0.368 e. The van der Waals surface area contributed by atoms with Gasteiger partial charge in [0.25, 0.3) is 0 Å². The fourth-order valence-electron chi connectivity index (χ4n) is 2.11. The molecule has 1 aromatic rings. The molecule has 1 unspecified atom stereocenters. The minimum Gasteiger partial charge on any atom is -0.368 e. The minimum absolute atomic E-state index is 0.240. The van der Waals surface area contributed by atoms with Crippen LogP contribution in [0.1, 0.15) is 40.0 Å². The van der Waals surface area contributed by atoms with Crippen LogP contribution < -0.4 is 11.1 Å². The van der Waals surface area contributed by atoms with Gasteiger partial charge >= 0.3 is 0 Å². The Balaban J connectivity index is 2.31. The van der Waals surface area contributed by atoms with Crippen LogP contribution in [0.4, 0.5) is 0 Å². The van der Waals surface area contributed by atoms with Gasteiger partial charge < -0.3 is 11.1 Å². The van der Waals surface area contributed by atoms with Crippen LogP contribution in [-0.2, 0) is 4.79 Å². The van der Waals surface area contributed by atoms with Crippen molar-refractivity contribution in [2.45, 2.75) is 56.6 Å². The summed E-state index contributed by atoms with van der Waals surface area (Å²) in [4.78, 5) is 15.9. The van der Waals surface area contributed by atoms with E-state index in [0.29, 0.717) is 0 Å². The van der Waals surface area contributed by atoms with Gasteiger partial charge in [-0.1, -0.05) is 6.42 Å². The van der Waals surface area contributed by atoms with Gasteiger partial charge in [-0.15, -0.1) is 11.8 Å². The molecule has 1 atom stereocenters. The third-order valence-electron chi connectivity index (χ3n) is 3.17. The first-order chi connectivity index (χ1) is 9.83. The molecule has 3 N–H and O–H groups in total. The number of nitrogens with one attached hydrogen (secondary N) is 1. The van der Waals surface area contributed by atoms with Crippen molar-refractivity contribution in [2.75, 3.05) is 5.75 Å². The molecule has 0 aliphatic rings. The standard InChI is InChI=1S/C15H24BrN3OS/c1-11(2)19-15(3,14(17)20)8-4-5-9-21-13-7-6-12(16)10-18-13/h6-7,10-11,19H,4-5,8-9H2,1-3H3,(H2,17,20). The first kappa shape index (κ1) is 18.5. The lowest BCUT2D eigenvalue weighted by Gasteiger charge is -2.29. The van der Waals surface area contributed by atoms with Crippen molar-refractivity contribution in [1.29, 1.82) is 0 Å². The molecule has 1 amide bonds. The molecule has 1 heterocycles. The van der Waals surface area contributed by atoms with E-state index in [1.807, 2.05) is 32.9 Å². The third-order valence-corrected chi connectivity index (χ3v) is 4.67. The average Bonchev–Trinajstić information content (AvgIpc) is 2.39. The van der Waals surface area contributed by atoms with E-state index in [1.165, 1.54) is 0 Å². The second-order valence-corrected chi connectivity index (χ2v) is 7.65. The lowest BCUT2D eigenvalue weighted by atomic mass is 9.93. The molecule has 1 rings (SSSR count). The highest BCUT2D eigenvalue weighted by atomic mass is 79.9. The highest BCUT2D eigenvalue weighted by Crippen LogP contribution is 2.21. The van der Waals surface area contributed by atoms with E-state index in [1.54, 1.807) is 18.0 Å². The number of rotatable bonds is 9. The Morgan fingerprint density at radius 1 is 1.48 bits per heavy atom. The van der Waals surface area contributed by atoms with E-state index < -0.39 is 5.54 Å². The average molecular weight is 374 g/mol. The van der Waals surface area contributed by atoms with Gasteiger partial charge in [-0.25, -0.2) is 4.98 Å². The number of amides is 1. The zero-order valence-electron chi connectivity index (χ0n) is 12.9. The molecule has 0 aliphatic heterocycles. The summed E-state index contributed by atoms with van der Waals surface area (Å²) in [7, 11) is 0. The number of hydrogen-bond donors (Lipinski definition) is 2. The third kappa shape index (κ3) is 6.80. The van der Waals surface area contributed by atoms with Crippen molar-refractivity contribution in [2.24, 2.45) is 5.73 Å². The number of hydrogen-bond acceptors (Lipinski definition) is 4. The van der Waals surface area contributed by atoms with E-state index in [9.17, 15) is 4.79 Å². The topological polar surface area (TPSA) is 68.0 Å². The maximum atomic E-state index is 11.6. The summed E-state index contributed by atoms with van der Waals surface area (Å²) in [6.07, 6.45) is 4.56. The second-order valence-electron chi connectivity index (χ2n) is 5.62. The van der Waals surface area contributed by atoms with Crippen LogP contribution in [0.5, 0.6) is 0 Å². The molecule has 0 fully saturated rings. The lowest BCUT2D eigenvalue weighted by Crippen LogP contribution is -2.55. The maximum absolute atomic E-state index is 11.6. The Morgan fingerprint density at radius 3 is 2.71 bits per heavy atom. The van der Waals surface area contributed by atoms with Crippen LogP contribution in [0.3, 0.4) is 0 Å². The van der Waals surface area contributed by atoms with Crippen molar-refractivity contribution in [1.82, 2.24) is 10.3 Å². The number of carbonyl (C=O) groups is 1. The van der Waals surface area contributed by atoms with Gasteiger partial charge in [0, 0.05) is 16.7 Å². The Kier molecular flexibility index (Phi) is 7.70. The van der Waals surface area contributed by atoms with Crippen LogP contribution in [-0.4, -0.2) is 28.2 Å². The molecule has 0 saturated carbocycles. The summed E-state index contributed by atoms with van der Waals surface area (Å²) in [5.74, 6) is 0.712. The van der Waals surface area contributed by atoms with Gasteiger partial charge in [0.15, 0.2) is 0 Å². The van der Waals surface area contributed by atoms with Gasteiger partial charge in [0.2, 0.25) is 5.91 Å². The quantitative estimate of drug-likeness (QED) is 0.514. The summed E-state index contributed by atoms with van der Waals surface area (Å²) < 4.78 is 0.990. The Bertz CT molecular complexity index is 453. The SMILES string of the molecule is CC(C)NC(C)(CCCCSc1ccc(Br)cn1)C(N)=O. The molecule has 4 nitrogen and oxygen atoms in total. The van der Waals surface area contributed by atoms with Crippen LogP contribution in [0, 0.1) is 0 Å². The summed E-state index contributed by atoms with van der Waals surface area (Å²) in [6, 6.07) is 4.23. The van der Waals surface area contributed by atoms with E-state index in [-0.39, 0.29) is 11.9 Å². The number of nitrogens with two attached hydrogens (primary N) is 1. The molecule has 0 aromatic carbocycles. The number of unbranched alkanes of at least 4 members (excludes halogenated alkanes) is 1. The molecule has 0 saturated heterocycles. The number of nitrogens with zero attached hydrogens (tertiary/aromatic N) is 1. The summed E-state index contributed by atoms with van der Waals surface area (Å²) >= 11 is 5.10. The number of carbonyl (C=O) groups excluding carboxylic acids is 1. The molecule has 21 heavy (non-hydrogen) atoms. The first-order valence-corrected chi connectivity index (χ1v) is 8.93. The van der Waals surface area contributed by atoms with Crippen LogP contribution in [0.15, 0.2) is 27.8 Å². The fourth-order valence-corrected chi connectivity index (χ4v) is 3.19. The van der Waals surface area contributed by atoms with Gasteiger partial charge in [0.05, 0.1) is 10.6 Å². The van der Waals surface area contributed by atoms with Crippen molar-refractivity contribution in [3.63, 3.8) is 0 Å². The van der Waals surface area contributed by atoms with Gasteiger partial charge in [-0.3, -0.25) is 4.79 Å². The zero-order valence-corrected chi connectivity index (χ0v) is 15.3. The second kappa shape index (κ2) is 8.76. The lowest BCUT2D eigenvalue weighted by molar-refractivity contribution is -0.124. The normalized spacial score (nSPS) is 14.1. The van der Waals surface area contributed by atoms with Crippen LogP contribution in [0.2, 0.25) is 0 Å². The first-order valence-electron chi connectivity index (χ1n) is 7.15. The van der Waals surface area contributed by atoms with Gasteiger partial charge in [-0.2, -0.15) is 0 Å². The smallest absolute Gasteiger partial charge is 0.237 e. The van der Waals surface area contributed by atoms with Crippen molar-refractivity contribution >= 4 is 33.6 Å². The monoisotopic (exact) mass is 373 g/mol. The summed E-state index contributed by atoms with van der Waals surface area (Å²) in [6.45, 7) is 5.94. The number of halogens is 1. The van der Waals surface area contributed by atoms with Crippen molar-refractivity contribution < 1.29 is 4.79 Å². The number of pyridine rings is 1. The van der Waals surface area contributed by atoms with Crippen LogP contribution >= 0.6 is 27.7 Å². The van der Waals surface area contributed by atoms with E-state index >= 15 is 0 Å². The molecule has 0 aliphatic carbocycles. The van der Waals surface area contributed by atoms with E-state index in [4.69, 9.17) is 5.73 Å². The van der Waals surface area contributed by atoms with Gasteiger partial charge in [-0.05, 0) is 67.4 Å². The summed E-state index contributed by atoms with van der Waals surface area (Å²) in [5, 5.41) is 4.30. The molecule has 118 valence electrons. The Hall–Kier alpha value is -0.590. The zero-order chi connectivity index (χ0) is 15.9. The Morgan fingerprint density at radius 2 is 2.19 bits per heavy atom. The van der Waals surface area contributed by atoms with E-state index in [0.717, 1.165) is 34.5 Å². The number of aromatic nitrogens is 1. The molecular weight excluding hydrogens is 350 g/mol. The molecule has 6 heteroatoms. The molecule has 1 aromatic heterocycles. The van der Waals surface area contributed by atoms with Crippen LogP contribution in [0.25, 0.3) is 0 Å². The predicted octanol–water partition coefficient (Wildman–Crippen LogP) is 3.35. The fraction of sp³-hybridized carbons (Fsp3) is 0.600. The van der Waals surface area contributed by atoms with E-state index in [2.05, 4.69) is 26.2 Å². The number of primary amides is 1. The van der Waals surface area contributed by atoms with Crippen molar-refractivity contribution in [3.05, 3.63) is 22.8 Å².